The summed E-state index contributed by atoms with van der Waals surface area (Å²) in [5.74, 6) is 1.16. The predicted octanol–water partition coefficient (Wildman–Crippen LogP) is 3.09. The number of nitrogen functional groups attached to an aromatic ring is 1. The highest BCUT2D eigenvalue weighted by Crippen LogP contribution is 2.28. The zero-order valence-electron chi connectivity index (χ0n) is 9.72. The Hall–Kier alpha value is -1.64. The van der Waals surface area contributed by atoms with Crippen LogP contribution in [0.4, 0.5) is 5.82 Å². The van der Waals surface area contributed by atoms with E-state index in [4.69, 9.17) is 17.3 Å². The van der Waals surface area contributed by atoms with E-state index in [9.17, 15) is 5.26 Å². The van der Waals surface area contributed by atoms with Crippen LogP contribution in [0.3, 0.4) is 0 Å². The van der Waals surface area contributed by atoms with Crippen molar-refractivity contribution in [2.75, 3.05) is 11.5 Å². The van der Waals surface area contributed by atoms with E-state index in [1.54, 1.807) is 18.0 Å². The predicted molar refractivity (Wildman–Crippen MR) is 74.1 cm³/mol. The summed E-state index contributed by atoms with van der Waals surface area (Å²) in [4.78, 5) is 0.933. The van der Waals surface area contributed by atoms with E-state index < -0.39 is 0 Å². The van der Waals surface area contributed by atoms with Crippen LogP contribution in [0.15, 0.2) is 29.3 Å². The van der Waals surface area contributed by atoms with Crippen molar-refractivity contribution >= 4 is 29.2 Å². The Morgan fingerprint density at radius 1 is 1.56 bits per heavy atom. The first kappa shape index (κ1) is 12.8. The summed E-state index contributed by atoms with van der Waals surface area (Å²) in [6.45, 7) is 2.04. The molecule has 0 atom stereocenters. The van der Waals surface area contributed by atoms with Gasteiger partial charge in [0.1, 0.15) is 11.1 Å². The van der Waals surface area contributed by atoms with E-state index in [1.807, 2.05) is 25.1 Å². The zero-order chi connectivity index (χ0) is 13.1. The molecule has 1 heterocycles. The molecule has 4 nitrogen and oxygen atoms in total. The number of nitriles is 1. The molecular weight excluding hydrogens is 268 g/mol. The van der Waals surface area contributed by atoms with Gasteiger partial charge in [-0.3, -0.25) is 0 Å². The highest BCUT2D eigenvalue weighted by molar-refractivity contribution is 7.99. The van der Waals surface area contributed by atoms with Crippen LogP contribution < -0.4 is 5.73 Å². The summed E-state index contributed by atoms with van der Waals surface area (Å²) >= 11 is 7.50. The van der Waals surface area contributed by atoms with E-state index in [0.717, 1.165) is 10.6 Å². The molecule has 2 N–H and O–H groups in total. The van der Waals surface area contributed by atoms with Crippen LogP contribution in [0.5, 0.6) is 0 Å². The Balaban J connectivity index is 2.57. The van der Waals surface area contributed by atoms with Gasteiger partial charge in [-0.2, -0.15) is 5.26 Å². The van der Waals surface area contributed by atoms with Gasteiger partial charge in [-0.1, -0.05) is 24.6 Å². The van der Waals surface area contributed by atoms with E-state index in [2.05, 4.69) is 11.2 Å². The maximum atomic E-state index is 9.29. The minimum atomic E-state index is 0.258. The van der Waals surface area contributed by atoms with Gasteiger partial charge < -0.3 is 5.73 Å². The number of aromatic nitrogens is 2. The minimum absolute atomic E-state index is 0.258. The fourth-order valence-corrected chi connectivity index (χ4v) is 2.50. The molecule has 2 rings (SSSR count). The third kappa shape index (κ3) is 2.30. The fourth-order valence-electron chi connectivity index (χ4n) is 1.59. The first-order chi connectivity index (χ1) is 8.67. The number of nitrogens with two attached hydrogens (primary N) is 1. The van der Waals surface area contributed by atoms with Gasteiger partial charge in [-0.05, 0) is 17.9 Å². The number of benzene rings is 1. The average Bonchev–Trinajstić information content (AvgIpc) is 2.69. The summed E-state index contributed by atoms with van der Waals surface area (Å²) < 4.78 is 1.54. The second-order valence-electron chi connectivity index (χ2n) is 3.50. The summed E-state index contributed by atoms with van der Waals surface area (Å²) in [5.41, 5.74) is 6.89. The number of rotatable bonds is 3. The SMILES string of the molecule is CCSc1cccc(-n2cc(Cl)c(N)n2)c1C#N. The normalized spacial score (nSPS) is 10.3. The van der Waals surface area contributed by atoms with E-state index >= 15 is 0 Å². The van der Waals surface area contributed by atoms with Crippen LogP contribution in [0, 0.1) is 11.3 Å². The molecule has 0 fully saturated rings. The quantitative estimate of drug-likeness (QED) is 0.876. The van der Waals surface area contributed by atoms with Crippen LogP contribution in [0.25, 0.3) is 5.69 Å². The fraction of sp³-hybridized carbons (Fsp3) is 0.167. The molecule has 1 aromatic heterocycles. The first-order valence-corrected chi connectivity index (χ1v) is 6.70. The van der Waals surface area contributed by atoms with Crippen molar-refractivity contribution in [2.45, 2.75) is 11.8 Å². The largest absolute Gasteiger partial charge is 0.381 e. The molecule has 2 aromatic rings. The smallest absolute Gasteiger partial charge is 0.164 e. The third-order valence-electron chi connectivity index (χ3n) is 2.36. The minimum Gasteiger partial charge on any atom is -0.381 e. The molecule has 0 unspecified atom stereocenters. The Labute approximate surface area is 114 Å². The van der Waals surface area contributed by atoms with Crippen molar-refractivity contribution in [1.29, 1.82) is 5.26 Å². The van der Waals surface area contributed by atoms with Crippen LogP contribution >= 0.6 is 23.4 Å². The number of hydrogen-bond acceptors (Lipinski definition) is 4. The van der Waals surface area contributed by atoms with Crippen LogP contribution in [-0.2, 0) is 0 Å². The van der Waals surface area contributed by atoms with Crippen molar-refractivity contribution in [3.63, 3.8) is 0 Å². The van der Waals surface area contributed by atoms with Gasteiger partial charge in [0.2, 0.25) is 0 Å². The van der Waals surface area contributed by atoms with Crippen molar-refractivity contribution in [1.82, 2.24) is 9.78 Å². The van der Waals surface area contributed by atoms with Gasteiger partial charge in [0.05, 0.1) is 17.4 Å². The molecule has 0 saturated heterocycles. The number of thioether (sulfide) groups is 1. The monoisotopic (exact) mass is 278 g/mol. The summed E-state index contributed by atoms with van der Waals surface area (Å²) in [7, 11) is 0. The maximum Gasteiger partial charge on any atom is 0.164 e. The summed E-state index contributed by atoms with van der Waals surface area (Å²) in [5, 5.41) is 13.8. The van der Waals surface area contributed by atoms with Crippen molar-refractivity contribution < 1.29 is 0 Å². The molecule has 0 aliphatic heterocycles. The molecule has 0 saturated carbocycles. The molecule has 92 valence electrons. The molecular formula is C12H11ClN4S. The number of anilines is 1. The molecule has 6 heteroatoms. The van der Waals surface area contributed by atoms with Gasteiger partial charge in [-0.15, -0.1) is 16.9 Å². The van der Waals surface area contributed by atoms with Gasteiger partial charge in [0, 0.05) is 4.90 Å². The van der Waals surface area contributed by atoms with Crippen LogP contribution in [0.2, 0.25) is 5.02 Å². The number of halogens is 1. The Bertz CT molecular complexity index is 596. The molecule has 0 aliphatic rings. The second-order valence-corrected chi connectivity index (χ2v) is 5.21. The molecule has 0 radical (unpaired) electrons. The maximum absolute atomic E-state index is 9.29. The molecule has 0 spiro atoms. The van der Waals surface area contributed by atoms with Crippen LogP contribution in [0.1, 0.15) is 12.5 Å². The first-order valence-electron chi connectivity index (χ1n) is 5.34. The topological polar surface area (TPSA) is 67.6 Å². The zero-order valence-corrected chi connectivity index (χ0v) is 11.3. The summed E-state index contributed by atoms with van der Waals surface area (Å²) in [6.07, 6.45) is 1.60. The molecule has 1 aromatic carbocycles. The lowest BCUT2D eigenvalue weighted by Crippen LogP contribution is -2.00. The Morgan fingerprint density at radius 3 is 2.89 bits per heavy atom. The van der Waals surface area contributed by atoms with Crippen molar-refractivity contribution in [3.05, 3.63) is 35.0 Å². The van der Waals surface area contributed by atoms with Crippen molar-refractivity contribution in [2.24, 2.45) is 0 Å². The summed E-state index contributed by atoms with van der Waals surface area (Å²) in [6, 6.07) is 7.84. The standard InChI is InChI=1S/C12H11ClN4S/c1-2-18-11-5-3-4-10(8(11)6-14)17-7-9(13)12(15)16-17/h3-5,7H,2H2,1H3,(H2,15,16). The average molecular weight is 279 g/mol. The number of hydrogen-bond donors (Lipinski definition) is 1. The molecule has 0 aliphatic carbocycles. The number of nitrogens with zero attached hydrogens (tertiary/aromatic N) is 3. The highest BCUT2D eigenvalue weighted by Gasteiger charge is 2.12. The Morgan fingerprint density at radius 2 is 2.33 bits per heavy atom. The van der Waals surface area contributed by atoms with E-state index in [0.29, 0.717) is 16.3 Å². The van der Waals surface area contributed by atoms with Gasteiger partial charge >= 0.3 is 0 Å². The molecule has 18 heavy (non-hydrogen) atoms. The lowest BCUT2D eigenvalue weighted by molar-refractivity contribution is 0.878. The van der Waals surface area contributed by atoms with Crippen LogP contribution in [-0.4, -0.2) is 15.5 Å². The lowest BCUT2D eigenvalue weighted by Gasteiger charge is -2.07. The third-order valence-corrected chi connectivity index (χ3v) is 3.59. The molecule has 0 bridgehead atoms. The second kappa shape index (κ2) is 5.34. The molecule has 0 amide bonds. The van der Waals surface area contributed by atoms with E-state index in [1.165, 1.54) is 4.68 Å². The van der Waals surface area contributed by atoms with Gasteiger partial charge in [-0.25, -0.2) is 4.68 Å². The van der Waals surface area contributed by atoms with Gasteiger partial charge in [0.25, 0.3) is 0 Å². The van der Waals surface area contributed by atoms with E-state index in [-0.39, 0.29) is 5.82 Å². The Kier molecular flexibility index (Phi) is 3.80. The highest BCUT2D eigenvalue weighted by atomic mass is 35.5. The van der Waals surface area contributed by atoms with Crippen molar-refractivity contribution in [3.8, 4) is 11.8 Å². The lowest BCUT2D eigenvalue weighted by atomic mass is 10.2. The van der Waals surface area contributed by atoms with Gasteiger partial charge in [0.15, 0.2) is 5.82 Å².